The minimum absolute atomic E-state index is 0.0114. The molecule has 2 heterocycles. The Balaban J connectivity index is 1.50. The first-order valence-corrected chi connectivity index (χ1v) is 11.2. The van der Waals surface area contributed by atoms with Crippen molar-refractivity contribution in [3.05, 3.63) is 64.7 Å². The SMILES string of the molecule is CCC(C)N1C(=O)c2ccc(C(=O)Nc3ccccc3C(=O)NCC3CCCO3)cc2C1=O. The fourth-order valence-corrected chi connectivity index (χ4v) is 4.08. The Kier molecular flexibility index (Phi) is 6.55. The number of anilines is 1. The van der Waals surface area contributed by atoms with Crippen molar-refractivity contribution in [3.63, 3.8) is 0 Å². The molecule has 1 saturated heterocycles. The zero-order valence-electron chi connectivity index (χ0n) is 18.7. The Labute approximate surface area is 192 Å². The molecule has 0 bridgehead atoms. The zero-order valence-corrected chi connectivity index (χ0v) is 18.7. The van der Waals surface area contributed by atoms with Gasteiger partial charge in [-0.1, -0.05) is 19.1 Å². The van der Waals surface area contributed by atoms with Gasteiger partial charge in [-0.2, -0.15) is 0 Å². The van der Waals surface area contributed by atoms with Crippen LogP contribution in [0.3, 0.4) is 0 Å². The lowest BCUT2D eigenvalue weighted by atomic mass is 10.0. The number of rotatable bonds is 7. The molecule has 33 heavy (non-hydrogen) atoms. The number of amides is 4. The summed E-state index contributed by atoms with van der Waals surface area (Å²) in [6, 6.07) is 11.0. The Bertz CT molecular complexity index is 1110. The highest BCUT2D eigenvalue weighted by atomic mass is 16.5. The lowest BCUT2D eigenvalue weighted by molar-refractivity contribution is 0.0593. The molecule has 8 heteroatoms. The monoisotopic (exact) mass is 449 g/mol. The number of nitrogens with one attached hydrogen (secondary N) is 2. The molecule has 1 fully saturated rings. The van der Waals surface area contributed by atoms with Gasteiger partial charge in [0.25, 0.3) is 23.6 Å². The average molecular weight is 450 g/mol. The van der Waals surface area contributed by atoms with Gasteiger partial charge in [-0.05, 0) is 56.5 Å². The molecule has 0 aromatic heterocycles. The number of para-hydroxylation sites is 1. The van der Waals surface area contributed by atoms with Gasteiger partial charge in [0.15, 0.2) is 0 Å². The van der Waals surface area contributed by atoms with Gasteiger partial charge in [0, 0.05) is 24.8 Å². The Morgan fingerprint density at radius 2 is 1.85 bits per heavy atom. The van der Waals surface area contributed by atoms with Crippen molar-refractivity contribution < 1.29 is 23.9 Å². The van der Waals surface area contributed by atoms with E-state index in [9.17, 15) is 19.2 Å². The van der Waals surface area contributed by atoms with Crippen LogP contribution in [-0.4, -0.2) is 53.8 Å². The molecule has 4 amide bonds. The van der Waals surface area contributed by atoms with Crippen molar-refractivity contribution >= 4 is 29.3 Å². The van der Waals surface area contributed by atoms with Crippen molar-refractivity contribution in [1.29, 1.82) is 0 Å². The molecule has 0 aliphatic carbocycles. The molecule has 2 aliphatic heterocycles. The average Bonchev–Trinajstić information content (AvgIpc) is 3.43. The van der Waals surface area contributed by atoms with Crippen molar-refractivity contribution in [1.82, 2.24) is 10.2 Å². The normalized spacial score (nSPS) is 18.2. The summed E-state index contributed by atoms with van der Waals surface area (Å²) in [6.07, 6.45) is 2.55. The summed E-state index contributed by atoms with van der Waals surface area (Å²) >= 11 is 0. The summed E-state index contributed by atoms with van der Waals surface area (Å²) < 4.78 is 5.53. The number of imide groups is 1. The van der Waals surface area contributed by atoms with Crippen molar-refractivity contribution in [3.8, 4) is 0 Å². The van der Waals surface area contributed by atoms with E-state index in [-0.39, 0.29) is 35.1 Å². The number of ether oxygens (including phenoxy) is 1. The second-order valence-electron chi connectivity index (χ2n) is 8.34. The summed E-state index contributed by atoms with van der Waals surface area (Å²) in [4.78, 5) is 52.3. The standard InChI is InChI=1S/C25H27N3O5/c1-3-15(2)28-24(31)18-11-10-16(13-20(18)25(28)32)22(29)27-21-9-5-4-8-19(21)23(30)26-14-17-7-6-12-33-17/h4-5,8-11,13,15,17H,3,6-7,12,14H2,1-2H3,(H,26,30)(H,27,29). The first-order valence-electron chi connectivity index (χ1n) is 11.2. The molecular formula is C25H27N3O5. The Morgan fingerprint density at radius 3 is 2.58 bits per heavy atom. The minimum atomic E-state index is -0.473. The lowest BCUT2D eigenvalue weighted by Gasteiger charge is -2.20. The number of carbonyl (C=O) groups is 4. The Hall–Kier alpha value is -3.52. The molecule has 0 spiro atoms. The van der Waals surface area contributed by atoms with E-state index < -0.39 is 11.8 Å². The maximum absolute atomic E-state index is 12.9. The number of hydrogen-bond acceptors (Lipinski definition) is 5. The highest BCUT2D eigenvalue weighted by molar-refractivity contribution is 6.22. The Morgan fingerprint density at radius 1 is 1.09 bits per heavy atom. The summed E-state index contributed by atoms with van der Waals surface area (Å²) in [5, 5.41) is 5.61. The third-order valence-corrected chi connectivity index (χ3v) is 6.15. The van der Waals surface area contributed by atoms with Crippen LogP contribution in [0.5, 0.6) is 0 Å². The third-order valence-electron chi connectivity index (χ3n) is 6.15. The van der Waals surface area contributed by atoms with Crippen LogP contribution in [0.2, 0.25) is 0 Å². The fourth-order valence-electron chi connectivity index (χ4n) is 4.08. The molecule has 2 unspecified atom stereocenters. The van der Waals surface area contributed by atoms with Gasteiger partial charge in [0.05, 0.1) is 28.5 Å². The molecular weight excluding hydrogens is 422 g/mol. The van der Waals surface area contributed by atoms with Crippen LogP contribution in [0.1, 0.15) is 74.5 Å². The molecule has 2 N–H and O–H groups in total. The molecule has 0 saturated carbocycles. The van der Waals surface area contributed by atoms with E-state index in [1.807, 2.05) is 13.8 Å². The zero-order chi connectivity index (χ0) is 23.5. The smallest absolute Gasteiger partial charge is 0.261 e. The molecule has 172 valence electrons. The maximum atomic E-state index is 12.9. The van der Waals surface area contributed by atoms with Gasteiger partial charge in [0.2, 0.25) is 0 Å². The van der Waals surface area contributed by atoms with E-state index >= 15 is 0 Å². The largest absolute Gasteiger partial charge is 0.376 e. The molecule has 2 aromatic rings. The third kappa shape index (κ3) is 4.52. The molecule has 2 aromatic carbocycles. The number of fused-ring (bicyclic) bond motifs is 1. The van der Waals surface area contributed by atoms with Crippen molar-refractivity contribution in [2.45, 2.75) is 45.3 Å². The van der Waals surface area contributed by atoms with Crippen LogP contribution >= 0.6 is 0 Å². The minimum Gasteiger partial charge on any atom is -0.376 e. The van der Waals surface area contributed by atoms with E-state index in [1.54, 1.807) is 24.3 Å². The molecule has 0 radical (unpaired) electrons. The summed E-state index contributed by atoms with van der Waals surface area (Å²) in [7, 11) is 0. The number of hydrogen-bond donors (Lipinski definition) is 2. The number of carbonyl (C=O) groups excluding carboxylic acids is 4. The number of nitrogens with zero attached hydrogens (tertiary/aromatic N) is 1. The summed E-state index contributed by atoms with van der Waals surface area (Å²) in [5.41, 5.74) is 1.44. The van der Waals surface area contributed by atoms with Gasteiger partial charge in [0.1, 0.15) is 0 Å². The van der Waals surface area contributed by atoms with Gasteiger partial charge in [-0.15, -0.1) is 0 Å². The quantitative estimate of drug-likeness (QED) is 0.632. The van der Waals surface area contributed by atoms with Crippen LogP contribution in [0.25, 0.3) is 0 Å². The van der Waals surface area contributed by atoms with Gasteiger partial charge < -0.3 is 15.4 Å². The first kappa shape index (κ1) is 22.7. The van der Waals surface area contributed by atoms with Crippen molar-refractivity contribution in [2.75, 3.05) is 18.5 Å². The van der Waals surface area contributed by atoms with Crippen LogP contribution in [0.4, 0.5) is 5.69 Å². The fraction of sp³-hybridized carbons (Fsp3) is 0.360. The molecule has 2 aliphatic rings. The molecule has 2 atom stereocenters. The van der Waals surface area contributed by atoms with Gasteiger partial charge in [-0.25, -0.2) is 0 Å². The summed E-state index contributed by atoms with van der Waals surface area (Å²) in [6.45, 7) is 4.84. The van der Waals surface area contributed by atoms with E-state index in [1.165, 1.54) is 23.1 Å². The highest BCUT2D eigenvalue weighted by Crippen LogP contribution is 2.27. The highest BCUT2D eigenvalue weighted by Gasteiger charge is 2.38. The first-order chi connectivity index (χ1) is 15.9. The predicted octanol–water partition coefficient (Wildman–Crippen LogP) is 3.24. The lowest BCUT2D eigenvalue weighted by Crippen LogP contribution is -2.37. The van der Waals surface area contributed by atoms with Crippen LogP contribution in [-0.2, 0) is 4.74 Å². The van der Waals surface area contributed by atoms with E-state index in [0.29, 0.717) is 36.4 Å². The van der Waals surface area contributed by atoms with E-state index in [0.717, 1.165) is 12.8 Å². The topological polar surface area (TPSA) is 105 Å². The second-order valence-corrected chi connectivity index (χ2v) is 8.34. The number of benzene rings is 2. The van der Waals surface area contributed by atoms with Crippen LogP contribution in [0, 0.1) is 0 Å². The maximum Gasteiger partial charge on any atom is 0.261 e. The van der Waals surface area contributed by atoms with Crippen LogP contribution < -0.4 is 10.6 Å². The van der Waals surface area contributed by atoms with Crippen LogP contribution in [0.15, 0.2) is 42.5 Å². The molecule has 8 nitrogen and oxygen atoms in total. The summed E-state index contributed by atoms with van der Waals surface area (Å²) in [5.74, 6) is -1.52. The van der Waals surface area contributed by atoms with E-state index in [2.05, 4.69) is 10.6 Å². The predicted molar refractivity (Wildman–Crippen MR) is 122 cm³/mol. The second kappa shape index (κ2) is 9.54. The van der Waals surface area contributed by atoms with Gasteiger partial charge in [-0.3, -0.25) is 24.1 Å². The molecule has 4 rings (SSSR count). The van der Waals surface area contributed by atoms with Crippen molar-refractivity contribution in [2.24, 2.45) is 0 Å². The van der Waals surface area contributed by atoms with Gasteiger partial charge >= 0.3 is 0 Å². The van der Waals surface area contributed by atoms with E-state index in [4.69, 9.17) is 4.74 Å².